The van der Waals surface area contributed by atoms with Crippen molar-refractivity contribution in [3.8, 4) is 5.75 Å². The second-order valence-electron chi connectivity index (χ2n) is 5.36. The van der Waals surface area contributed by atoms with Gasteiger partial charge in [0.1, 0.15) is 5.75 Å². The number of amides is 1. The molecule has 0 aromatic heterocycles. The van der Waals surface area contributed by atoms with Crippen molar-refractivity contribution in [3.63, 3.8) is 0 Å². The monoisotopic (exact) mass is 394 g/mol. The molecule has 124 valence electrons. The van der Waals surface area contributed by atoms with E-state index in [0.717, 1.165) is 16.3 Å². The highest BCUT2D eigenvalue weighted by Gasteiger charge is 2.11. The molecule has 3 rings (SSSR count). The topological polar surface area (TPSA) is 61.7 Å². The predicted molar refractivity (Wildman–Crippen MR) is 105 cm³/mol. The molecule has 0 bridgehead atoms. The third-order valence-corrected chi connectivity index (χ3v) is 4.00. The van der Waals surface area contributed by atoms with Gasteiger partial charge >= 0.3 is 0 Å². The third-order valence-electron chi connectivity index (χ3n) is 3.57. The molecule has 0 saturated carbocycles. The Balaban J connectivity index is 1.72. The van der Waals surface area contributed by atoms with Crippen molar-refractivity contribution in [1.29, 1.82) is 0 Å². The number of carbonyl (C=O) groups excluding carboxylic acids is 1. The average Bonchev–Trinajstić information content (AvgIpc) is 2.61. The van der Waals surface area contributed by atoms with Crippen molar-refractivity contribution >= 4 is 44.9 Å². The highest BCUT2D eigenvalue weighted by Crippen LogP contribution is 2.24. The zero-order valence-corrected chi connectivity index (χ0v) is 14.8. The Kier molecular flexibility index (Phi) is 5.26. The van der Waals surface area contributed by atoms with Gasteiger partial charge in [0.15, 0.2) is 0 Å². The lowest BCUT2D eigenvalue weighted by molar-refractivity contribution is 0.0952. The van der Waals surface area contributed by atoms with E-state index in [9.17, 15) is 9.90 Å². The van der Waals surface area contributed by atoms with Crippen LogP contribution in [0.3, 0.4) is 0 Å². The molecule has 25 heavy (non-hydrogen) atoms. The molecule has 0 unspecified atom stereocenters. The SMILES string of the molecule is O=C(N/N=C\C(Br)=C\c1ccccc1)c1cc2ccccc2cc1O. The summed E-state index contributed by atoms with van der Waals surface area (Å²) in [6, 6.07) is 20.5. The Morgan fingerprint density at radius 2 is 1.64 bits per heavy atom. The van der Waals surface area contributed by atoms with Gasteiger partial charge in [-0.1, -0.05) is 54.6 Å². The number of benzene rings is 3. The molecule has 1 amide bonds. The summed E-state index contributed by atoms with van der Waals surface area (Å²) in [5.74, 6) is -0.551. The lowest BCUT2D eigenvalue weighted by Crippen LogP contribution is -2.17. The minimum atomic E-state index is -0.473. The maximum absolute atomic E-state index is 12.2. The van der Waals surface area contributed by atoms with Crippen LogP contribution < -0.4 is 5.43 Å². The molecule has 0 heterocycles. The van der Waals surface area contributed by atoms with Gasteiger partial charge in [0.2, 0.25) is 0 Å². The summed E-state index contributed by atoms with van der Waals surface area (Å²) >= 11 is 3.38. The molecule has 0 aliphatic carbocycles. The Hall–Kier alpha value is -2.92. The average molecular weight is 395 g/mol. The first-order valence-electron chi connectivity index (χ1n) is 7.61. The zero-order chi connectivity index (χ0) is 17.6. The van der Waals surface area contributed by atoms with Crippen molar-refractivity contribution in [2.75, 3.05) is 0 Å². The number of fused-ring (bicyclic) bond motifs is 1. The smallest absolute Gasteiger partial charge is 0.275 e. The Morgan fingerprint density at radius 3 is 2.36 bits per heavy atom. The van der Waals surface area contributed by atoms with Crippen LogP contribution in [0, 0.1) is 0 Å². The molecule has 4 nitrogen and oxygen atoms in total. The van der Waals surface area contributed by atoms with E-state index in [1.807, 2.05) is 60.7 Å². The van der Waals surface area contributed by atoms with Gasteiger partial charge in [0.05, 0.1) is 11.8 Å². The summed E-state index contributed by atoms with van der Waals surface area (Å²) in [6.07, 6.45) is 3.37. The molecule has 5 heteroatoms. The number of rotatable bonds is 4. The number of phenolic OH excluding ortho intramolecular Hbond substituents is 1. The van der Waals surface area contributed by atoms with E-state index in [0.29, 0.717) is 4.48 Å². The van der Waals surface area contributed by atoms with E-state index in [-0.39, 0.29) is 11.3 Å². The fourth-order valence-corrected chi connectivity index (χ4v) is 2.74. The van der Waals surface area contributed by atoms with Crippen LogP contribution in [0.25, 0.3) is 16.8 Å². The molecular formula is C20H15BrN2O2. The number of hydrogen-bond donors (Lipinski definition) is 2. The number of allylic oxidation sites excluding steroid dienone is 1. The molecule has 0 fully saturated rings. The van der Waals surface area contributed by atoms with Crippen molar-refractivity contribution in [3.05, 3.63) is 82.3 Å². The highest BCUT2D eigenvalue weighted by molar-refractivity contribution is 9.12. The molecular weight excluding hydrogens is 380 g/mol. The highest BCUT2D eigenvalue weighted by atomic mass is 79.9. The minimum absolute atomic E-state index is 0.0784. The normalized spacial score (nSPS) is 11.8. The summed E-state index contributed by atoms with van der Waals surface area (Å²) in [5, 5.41) is 15.7. The predicted octanol–water partition coefficient (Wildman–Crippen LogP) is 4.70. The molecule has 3 aromatic rings. The molecule has 0 aliphatic heterocycles. The van der Waals surface area contributed by atoms with E-state index in [2.05, 4.69) is 26.5 Å². The van der Waals surface area contributed by atoms with Crippen molar-refractivity contribution < 1.29 is 9.90 Å². The molecule has 0 aliphatic rings. The van der Waals surface area contributed by atoms with E-state index in [4.69, 9.17) is 0 Å². The van der Waals surface area contributed by atoms with E-state index in [1.54, 1.807) is 12.1 Å². The minimum Gasteiger partial charge on any atom is -0.507 e. The zero-order valence-electron chi connectivity index (χ0n) is 13.2. The first-order valence-corrected chi connectivity index (χ1v) is 8.40. The maximum atomic E-state index is 12.2. The van der Waals surface area contributed by atoms with Gasteiger partial charge in [0, 0.05) is 4.48 Å². The van der Waals surface area contributed by atoms with Gasteiger partial charge in [-0.3, -0.25) is 4.79 Å². The number of aromatic hydroxyl groups is 1. The maximum Gasteiger partial charge on any atom is 0.275 e. The number of hydrazone groups is 1. The summed E-state index contributed by atoms with van der Waals surface area (Å²) in [6.45, 7) is 0. The van der Waals surface area contributed by atoms with E-state index in [1.165, 1.54) is 6.21 Å². The first-order chi connectivity index (χ1) is 12.1. The second kappa shape index (κ2) is 7.77. The quantitative estimate of drug-likeness (QED) is 0.497. The molecule has 0 radical (unpaired) electrons. The van der Waals surface area contributed by atoms with Gasteiger partial charge in [-0.05, 0) is 50.5 Å². The Labute approximate surface area is 153 Å². The number of nitrogens with one attached hydrogen (secondary N) is 1. The number of carbonyl (C=O) groups is 1. The van der Waals surface area contributed by atoms with Gasteiger partial charge in [-0.2, -0.15) is 5.10 Å². The van der Waals surface area contributed by atoms with Crippen LogP contribution in [0.1, 0.15) is 15.9 Å². The van der Waals surface area contributed by atoms with Crippen molar-refractivity contribution in [2.24, 2.45) is 5.10 Å². The van der Waals surface area contributed by atoms with Crippen molar-refractivity contribution in [1.82, 2.24) is 5.43 Å². The largest absolute Gasteiger partial charge is 0.507 e. The summed E-state index contributed by atoms with van der Waals surface area (Å²) in [7, 11) is 0. The van der Waals surface area contributed by atoms with Crippen LogP contribution in [-0.4, -0.2) is 17.2 Å². The molecule has 2 N–H and O–H groups in total. The summed E-state index contributed by atoms with van der Waals surface area (Å²) < 4.78 is 0.710. The van der Waals surface area contributed by atoms with Crippen LogP contribution in [0.15, 0.2) is 76.3 Å². The van der Waals surface area contributed by atoms with Crippen LogP contribution in [0.4, 0.5) is 0 Å². The molecule has 3 aromatic carbocycles. The van der Waals surface area contributed by atoms with Gasteiger partial charge < -0.3 is 5.11 Å². The lowest BCUT2D eigenvalue weighted by atomic mass is 10.1. The molecule has 0 spiro atoms. The number of nitrogens with zero attached hydrogens (tertiary/aromatic N) is 1. The van der Waals surface area contributed by atoms with Gasteiger partial charge in [-0.15, -0.1) is 0 Å². The van der Waals surface area contributed by atoms with Crippen LogP contribution in [-0.2, 0) is 0 Å². The first kappa shape index (κ1) is 16.9. The number of halogens is 1. The fourth-order valence-electron chi connectivity index (χ4n) is 2.37. The molecule has 0 saturated heterocycles. The van der Waals surface area contributed by atoms with Crippen LogP contribution >= 0.6 is 15.9 Å². The van der Waals surface area contributed by atoms with E-state index < -0.39 is 5.91 Å². The fraction of sp³-hybridized carbons (Fsp3) is 0. The summed E-state index contributed by atoms with van der Waals surface area (Å²) in [4.78, 5) is 12.2. The van der Waals surface area contributed by atoms with Crippen LogP contribution in [0.2, 0.25) is 0 Å². The molecule has 0 atom stereocenters. The van der Waals surface area contributed by atoms with Crippen LogP contribution in [0.5, 0.6) is 5.75 Å². The Morgan fingerprint density at radius 1 is 1.00 bits per heavy atom. The summed E-state index contributed by atoms with van der Waals surface area (Å²) in [5.41, 5.74) is 3.61. The van der Waals surface area contributed by atoms with Gasteiger partial charge in [-0.25, -0.2) is 5.43 Å². The third kappa shape index (κ3) is 4.33. The number of hydrogen-bond acceptors (Lipinski definition) is 3. The second-order valence-corrected chi connectivity index (χ2v) is 6.27. The standard InChI is InChI=1S/C20H15BrN2O2/c21-17(10-14-6-2-1-3-7-14)13-22-23-20(25)18-11-15-8-4-5-9-16(15)12-19(18)24/h1-13,24H,(H,23,25)/b17-10-,22-13-. The van der Waals surface area contributed by atoms with Crippen molar-refractivity contribution in [2.45, 2.75) is 0 Å². The van der Waals surface area contributed by atoms with Gasteiger partial charge in [0.25, 0.3) is 5.91 Å². The lowest BCUT2D eigenvalue weighted by Gasteiger charge is -2.05. The Bertz CT molecular complexity index is 966. The van der Waals surface area contributed by atoms with E-state index >= 15 is 0 Å². The number of phenols is 1.